The van der Waals surface area contributed by atoms with E-state index in [1.54, 1.807) is 48.8 Å². The predicted octanol–water partition coefficient (Wildman–Crippen LogP) is 4.74. The summed E-state index contributed by atoms with van der Waals surface area (Å²) in [5.74, 6) is 0. The number of pyridine rings is 1. The van der Waals surface area contributed by atoms with Gasteiger partial charge in [-0.2, -0.15) is 0 Å². The quantitative estimate of drug-likeness (QED) is 0.419. The number of nitrogens with zero attached hydrogens (tertiary/aromatic N) is 2. The average molecular weight is 352 g/mol. The van der Waals surface area contributed by atoms with Crippen LogP contribution in [0.2, 0.25) is 5.02 Å². The molecule has 0 fully saturated rings. The summed E-state index contributed by atoms with van der Waals surface area (Å²) in [5, 5.41) is 7.00. The standard InChI is InChI=1S/C19H14ClN3O2/c20-16-8-4-5-9-17(16)22-19(24)25-23-18(14-6-2-1-3-7-14)15-10-12-21-13-11-15/h1-13H,(H,22,24). The smallest absolute Gasteiger partial charge is 0.297 e. The normalized spacial score (nSPS) is 11.0. The van der Waals surface area contributed by atoms with Gasteiger partial charge in [-0.05, 0) is 24.3 Å². The van der Waals surface area contributed by atoms with Gasteiger partial charge in [0.05, 0.1) is 10.7 Å². The molecule has 124 valence electrons. The van der Waals surface area contributed by atoms with Gasteiger partial charge in [-0.3, -0.25) is 15.1 Å². The minimum Gasteiger partial charge on any atom is -0.297 e. The van der Waals surface area contributed by atoms with Crippen LogP contribution in [0.4, 0.5) is 10.5 Å². The summed E-state index contributed by atoms with van der Waals surface area (Å²) >= 11 is 6.01. The van der Waals surface area contributed by atoms with Gasteiger partial charge in [0.25, 0.3) is 0 Å². The van der Waals surface area contributed by atoms with Crippen molar-refractivity contribution in [2.45, 2.75) is 0 Å². The number of rotatable bonds is 4. The number of benzene rings is 2. The van der Waals surface area contributed by atoms with Crippen LogP contribution in [0.1, 0.15) is 11.1 Å². The SMILES string of the molecule is O=C(Nc1ccccc1Cl)ON=C(c1ccccc1)c1ccncc1. The van der Waals surface area contributed by atoms with E-state index in [0.717, 1.165) is 11.1 Å². The maximum atomic E-state index is 12.0. The zero-order chi connectivity index (χ0) is 17.5. The second kappa shape index (κ2) is 8.08. The Morgan fingerprint density at radius 3 is 2.28 bits per heavy atom. The van der Waals surface area contributed by atoms with Crippen LogP contribution in [0.3, 0.4) is 0 Å². The second-order valence-corrected chi connectivity index (χ2v) is 5.43. The number of carbonyl (C=O) groups excluding carboxylic acids is 1. The highest BCUT2D eigenvalue weighted by atomic mass is 35.5. The third-order valence-corrected chi connectivity index (χ3v) is 3.66. The van der Waals surface area contributed by atoms with Crippen molar-refractivity contribution >= 4 is 29.1 Å². The molecule has 0 spiro atoms. The van der Waals surface area contributed by atoms with E-state index in [2.05, 4.69) is 15.5 Å². The van der Waals surface area contributed by atoms with Crippen molar-refractivity contribution in [2.24, 2.45) is 5.16 Å². The summed E-state index contributed by atoms with van der Waals surface area (Å²) < 4.78 is 0. The molecular formula is C19H14ClN3O2. The van der Waals surface area contributed by atoms with Crippen LogP contribution in [0, 0.1) is 0 Å². The van der Waals surface area contributed by atoms with Crippen LogP contribution < -0.4 is 5.32 Å². The molecule has 1 N–H and O–H groups in total. The number of anilines is 1. The number of hydrogen-bond donors (Lipinski definition) is 1. The summed E-state index contributed by atoms with van der Waals surface area (Å²) in [4.78, 5) is 21.0. The van der Waals surface area contributed by atoms with E-state index in [0.29, 0.717) is 16.4 Å². The van der Waals surface area contributed by atoms with Crippen molar-refractivity contribution < 1.29 is 9.63 Å². The van der Waals surface area contributed by atoms with Crippen molar-refractivity contribution in [1.82, 2.24) is 4.98 Å². The summed E-state index contributed by atoms with van der Waals surface area (Å²) in [7, 11) is 0. The highest BCUT2D eigenvalue weighted by molar-refractivity contribution is 6.33. The Balaban J connectivity index is 1.82. The van der Waals surface area contributed by atoms with Crippen LogP contribution in [0.5, 0.6) is 0 Å². The molecule has 1 aromatic heterocycles. The molecule has 25 heavy (non-hydrogen) atoms. The minimum atomic E-state index is -0.726. The summed E-state index contributed by atoms with van der Waals surface area (Å²) in [6.07, 6.45) is 2.57. The number of carbonyl (C=O) groups is 1. The molecule has 5 nitrogen and oxygen atoms in total. The minimum absolute atomic E-state index is 0.417. The Kier molecular flexibility index (Phi) is 5.39. The lowest BCUT2D eigenvalue weighted by Gasteiger charge is -2.08. The second-order valence-electron chi connectivity index (χ2n) is 5.03. The van der Waals surface area contributed by atoms with Gasteiger partial charge in [-0.15, -0.1) is 0 Å². The first-order valence-corrected chi connectivity index (χ1v) is 7.88. The number of amides is 1. The molecule has 0 aliphatic carbocycles. The van der Waals surface area contributed by atoms with Crippen LogP contribution in [0.15, 0.2) is 84.3 Å². The van der Waals surface area contributed by atoms with E-state index in [4.69, 9.17) is 16.4 Å². The van der Waals surface area contributed by atoms with Crippen molar-refractivity contribution in [3.63, 3.8) is 0 Å². The number of nitrogens with one attached hydrogen (secondary N) is 1. The zero-order valence-electron chi connectivity index (χ0n) is 13.1. The van der Waals surface area contributed by atoms with Crippen molar-refractivity contribution in [2.75, 3.05) is 5.32 Å². The van der Waals surface area contributed by atoms with Crippen molar-refractivity contribution in [3.8, 4) is 0 Å². The molecule has 0 unspecified atom stereocenters. The lowest BCUT2D eigenvalue weighted by Crippen LogP contribution is -2.13. The fourth-order valence-corrected chi connectivity index (χ4v) is 2.34. The molecule has 0 radical (unpaired) electrons. The molecule has 2 aromatic carbocycles. The molecule has 0 saturated carbocycles. The fourth-order valence-electron chi connectivity index (χ4n) is 2.16. The molecule has 1 amide bonds. The Labute approximate surface area is 149 Å². The number of aromatic nitrogens is 1. The monoisotopic (exact) mass is 351 g/mol. The lowest BCUT2D eigenvalue weighted by molar-refractivity contribution is 0.166. The van der Waals surface area contributed by atoms with Gasteiger partial charge in [-0.1, -0.05) is 59.2 Å². The number of oxime groups is 1. The molecule has 6 heteroatoms. The van der Waals surface area contributed by atoms with Crippen LogP contribution in [0.25, 0.3) is 0 Å². The van der Waals surface area contributed by atoms with E-state index in [1.165, 1.54) is 0 Å². The molecule has 0 bridgehead atoms. The van der Waals surface area contributed by atoms with Gasteiger partial charge < -0.3 is 0 Å². The van der Waals surface area contributed by atoms with Crippen LogP contribution >= 0.6 is 11.6 Å². The van der Waals surface area contributed by atoms with Gasteiger partial charge in [0, 0.05) is 23.5 Å². The van der Waals surface area contributed by atoms with Crippen molar-refractivity contribution in [3.05, 3.63) is 95.3 Å². The highest BCUT2D eigenvalue weighted by Gasteiger charge is 2.10. The molecule has 0 atom stereocenters. The van der Waals surface area contributed by atoms with E-state index in [1.807, 2.05) is 30.3 Å². The van der Waals surface area contributed by atoms with Crippen LogP contribution in [-0.2, 0) is 4.84 Å². The van der Waals surface area contributed by atoms with Gasteiger partial charge in [0.2, 0.25) is 0 Å². The average Bonchev–Trinajstić information content (AvgIpc) is 2.66. The van der Waals surface area contributed by atoms with E-state index >= 15 is 0 Å². The first-order chi connectivity index (χ1) is 12.2. The van der Waals surface area contributed by atoms with E-state index in [9.17, 15) is 4.79 Å². The number of halogens is 1. The molecule has 0 saturated heterocycles. The molecule has 3 aromatic rings. The zero-order valence-corrected chi connectivity index (χ0v) is 13.9. The molecule has 0 aliphatic rings. The summed E-state index contributed by atoms with van der Waals surface area (Å²) in [5.41, 5.74) is 2.58. The first kappa shape index (κ1) is 16.7. The lowest BCUT2D eigenvalue weighted by atomic mass is 10.0. The van der Waals surface area contributed by atoms with Gasteiger partial charge in [-0.25, -0.2) is 4.79 Å². The Morgan fingerprint density at radius 2 is 1.56 bits per heavy atom. The molecular weight excluding hydrogens is 338 g/mol. The molecule has 0 aliphatic heterocycles. The van der Waals surface area contributed by atoms with Crippen molar-refractivity contribution in [1.29, 1.82) is 0 Å². The van der Waals surface area contributed by atoms with Gasteiger partial charge >= 0.3 is 6.09 Å². The Bertz CT molecular complexity index is 842. The Morgan fingerprint density at radius 1 is 0.920 bits per heavy atom. The largest absolute Gasteiger partial charge is 0.437 e. The maximum absolute atomic E-state index is 12.0. The van der Waals surface area contributed by atoms with Gasteiger partial charge in [0.1, 0.15) is 5.71 Å². The Hall–Kier alpha value is -3.18. The van der Waals surface area contributed by atoms with E-state index < -0.39 is 6.09 Å². The van der Waals surface area contributed by atoms with Gasteiger partial charge in [0.15, 0.2) is 0 Å². The topological polar surface area (TPSA) is 63.6 Å². The number of hydrogen-bond acceptors (Lipinski definition) is 4. The summed E-state index contributed by atoms with van der Waals surface area (Å²) in [6.45, 7) is 0. The third-order valence-electron chi connectivity index (χ3n) is 3.33. The molecule has 3 rings (SSSR count). The molecule has 1 heterocycles. The third kappa shape index (κ3) is 4.43. The van der Waals surface area contributed by atoms with Crippen LogP contribution in [-0.4, -0.2) is 16.8 Å². The summed E-state index contributed by atoms with van der Waals surface area (Å²) in [6, 6.07) is 19.9. The van der Waals surface area contributed by atoms with E-state index in [-0.39, 0.29) is 0 Å². The highest BCUT2D eigenvalue weighted by Crippen LogP contribution is 2.20. The fraction of sp³-hybridized carbons (Fsp3) is 0. The first-order valence-electron chi connectivity index (χ1n) is 7.50. The predicted molar refractivity (Wildman–Crippen MR) is 97.9 cm³/mol. The number of para-hydroxylation sites is 1. The maximum Gasteiger partial charge on any atom is 0.437 e.